The molecule has 140 valence electrons. The van der Waals surface area contributed by atoms with Gasteiger partial charge in [-0.05, 0) is 30.7 Å². The van der Waals surface area contributed by atoms with Gasteiger partial charge in [0.2, 0.25) is 5.91 Å². The molecule has 0 saturated carbocycles. The molecule has 1 atom stereocenters. The Kier molecular flexibility index (Phi) is 5.85. The summed E-state index contributed by atoms with van der Waals surface area (Å²) in [6.07, 6.45) is 0.207. The van der Waals surface area contributed by atoms with Gasteiger partial charge in [-0.1, -0.05) is 30.3 Å². The quantitative estimate of drug-likeness (QED) is 0.378. The van der Waals surface area contributed by atoms with Crippen LogP contribution in [0.2, 0.25) is 0 Å². The molecule has 0 saturated heterocycles. The second-order valence-corrected chi connectivity index (χ2v) is 6.15. The molecule has 0 fully saturated rings. The van der Waals surface area contributed by atoms with Crippen LogP contribution in [0.4, 0.5) is 0 Å². The van der Waals surface area contributed by atoms with E-state index in [9.17, 15) is 14.7 Å². The molecule has 27 heavy (non-hydrogen) atoms. The molecule has 0 spiro atoms. The first kappa shape index (κ1) is 18.6. The summed E-state index contributed by atoms with van der Waals surface area (Å²) in [6.45, 7) is -0.304. The van der Waals surface area contributed by atoms with E-state index < -0.39 is 11.9 Å². The number of aliphatic hydroxyl groups excluding tert-OH is 1. The van der Waals surface area contributed by atoms with Crippen LogP contribution in [0, 0.1) is 0 Å². The summed E-state index contributed by atoms with van der Waals surface area (Å²) in [5.74, 6) is -0.209. The molecule has 3 rings (SSSR count). The van der Waals surface area contributed by atoms with E-state index in [1.54, 1.807) is 24.3 Å². The smallest absolute Gasteiger partial charge is 0.251 e. The standard InChI is InChI=1S/C20H20N2O5/c23-12-16(9-10-19(24)22-26)21-20(25)14-7-5-13(6-8-14)18-11-15-3-1-2-4-17(15)27-18/h1-8,11,16,23,26H,9-10,12H2,(H,21,25)(H,22,24). The fourth-order valence-corrected chi connectivity index (χ4v) is 2.75. The summed E-state index contributed by atoms with van der Waals surface area (Å²) in [5, 5.41) is 21.5. The van der Waals surface area contributed by atoms with Gasteiger partial charge in [-0.3, -0.25) is 14.8 Å². The predicted octanol–water partition coefficient (Wildman–Crippen LogP) is 2.48. The zero-order valence-corrected chi connectivity index (χ0v) is 14.5. The Morgan fingerprint density at radius 1 is 1.07 bits per heavy atom. The first-order valence-electron chi connectivity index (χ1n) is 8.54. The number of hydrogen-bond donors (Lipinski definition) is 4. The Bertz CT molecular complexity index is 900. The summed E-state index contributed by atoms with van der Waals surface area (Å²) in [6, 6.07) is 16.0. The van der Waals surface area contributed by atoms with Crippen molar-refractivity contribution in [3.63, 3.8) is 0 Å². The SMILES string of the molecule is O=C(CCC(CO)NC(=O)c1ccc(-c2cc3ccccc3o2)cc1)NO. The molecule has 2 amide bonds. The lowest BCUT2D eigenvalue weighted by Crippen LogP contribution is -2.38. The number of rotatable bonds is 7. The van der Waals surface area contributed by atoms with Gasteiger partial charge >= 0.3 is 0 Å². The zero-order chi connectivity index (χ0) is 19.2. The Morgan fingerprint density at radius 2 is 1.81 bits per heavy atom. The van der Waals surface area contributed by atoms with Crippen molar-refractivity contribution in [3.8, 4) is 11.3 Å². The van der Waals surface area contributed by atoms with Crippen LogP contribution in [0.25, 0.3) is 22.3 Å². The lowest BCUT2D eigenvalue weighted by Gasteiger charge is -2.15. The van der Waals surface area contributed by atoms with Gasteiger partial charge in [-0.25, -0.2) is 5.48 Å². The monoisotopic (exact) mass is 368 g/mol. The average Bonchev–Trinajstić information content (AvgIpc) is 3.15. The number of carbonyl (C=O) groups excluding carboxylic acids is 2. The van der Waals surface area contributed by atoms with Crippen LogP contribution in [-0.4, -0.2) is 34.8 Å². The number of nitrogens with one attached hydrogen (secondary N) is 2. The van der Waals surface area contributed by atoms with Crippen molar-refractivity contribution in [1.82, 2.24) is 10.8 Å². The predicted molar refractivity (Wildman–Crippen MR) is 99.2 cm³/mol. The lowest BCUT2D eigenvalue weighted by atomic mass is 10.1. The minimum absolute atomic E-state index is 0.00695. The minimum atomic E-state index is -0.579. The van der Waals surface area contributed by atoms with Crippen LogP contribution in [0.15, 0.2) is 59.0 Å². The number of carbonyl (C=O) groups is 2. The molecule has 2 aromatic carbocycles. The van der Waals surface area contributed by atoms with Crippen LogP contribution < -0.4 is 10.8 Å². The maximum Gasteiger partial charge on any atom is 0.251 e. The molecule has 3 aromatic rings. The third-order valence-corrected chi connectivity index (χ3v) is 4.26. The highest BCUT2D eigenvalue weighted by Crippen LogP contribution is 2.27. The van der Waals surface area contributed by atoms with Crippen LogP contribution in [0.1, 0.15) is 23.2 Å². The average molecular weight is 368 g/mol. The van der Waals surface area contributed by atoms with Gasteiger partial charge < -0.3 is 14.8 Å². The second kappa shape index (κ2) is 8.48. The van der Waals surface area contributed by atoms with Gasteiger partial charge in [0.05, 0.1) is 12.6 Å². The molecule has 0 aliphatic carbocycles. The van der Waals surface area contributed by atoms with Gasteiger partial charge in [-0.2, -0.15) is 0 Å². The Morgan fingerprint density at radius 3 is 2.48 bits per heavy atom. The molecule has 4 N–H and O–H groups in total. The Labute approximate surface area is 155 Å². The molecule has 0 radical (unpaired) electrons. The molecule has 0 aliphatic rings. The third-order valence-electron chi connectivity index (χ3n) is 4.26. The number of para-hydroxylation sites is 1. The summed E-state index contributed by atoms with van der Waals surface area (Å²) < 4.78 is 5.81. The maximum absolute atomic E-state index is 12.3. The highest BCUT2D eigenvalue weighted by atomic mass is 16.5. The van der Waals surface area contributed by atoms with E-state index in [2.05, 4.69) is 5.32 Å². The molecule has 7 nitrogen and oxygen atoms in total. The van der Waals surface area contributed by atoms with Crippen LogP contribution >= 0.6 is 0 Å². The lowest BCUT2D eigenvalue weighted by molar-refractivity contribution is -0.129. The van der Waals surface area contributed by atoms with Gasteiger partial charge in [0.25, 0.3) is 5.91 Å². The van der Waals surface area contributed by atoms with Gasteiger partial charge in [-0.15, -0.1) is 0 Å². The van der Waals surface area contributed by atoms with Gasteiger partial charge in [0.1, 0.15) is 11.3 Å². The second-order valence-electron chi connectivity index (χ2n) is 6.15. The van der Waals surface area contributed by atoms with Crippen molar-refractivity contribution in [1.29, 1.82) is 0 Å². The van der Waals surface area contributed by atoms with Crippen molar-refractivity contribution in [2.24, 2.45) is 0 Å². The Hall–Kier alpha value is -3.16. The summed E-state index contributed by atoms with van der Waals surface area (Å²) in [5.41, 5.74) is 3.60. The minimum Gasteiger partial charge on any atom is -0.456 e. The first-order chi connectivity index (χ1) is 13.1. The number of benzene rings is 2. The number of furan rings is 1. The number of hydrogen-bond acceptors (Lipinski definition) is 5. The molecule has 1 heterocycles. The molecular formula is C20H20N2O5. The van der Waals surface area contributed by atoms with E-state index >= 15 is 0 Å². The largest absolute Gasteiger partial charge is 0.456 e. The fourth-order valence-electron chi connectivity index (χ4n) is 2.75. The Balaban J connectivity index is 1.66. The summed E-state index contributed by atoms with van der Waals surface area (Å²) in [4.78, 5) is 23.4. The van der Waals surface area contributed by atoms with Crippen molar-refractivity contribution in [2.45, 2.75) is 18.9 Å². The topological polar surface area (TPSA) is 112 Å². The van der Waals surface area contributed by atoms with E-state index in [1.165, 1.54) is 5.48 Å². The van der Waals surface area contributed by atoms with Crippen molar-refractivity contribution in [3.05, 3.63) is 60.2 Å². The number of amides is 2. The van der Waals surface area contributed by atoms with Crippen molar-refractivity contribution in [2.75, 3.05) is 6.61 Å². The number of aliphatic hydroxyl groups is 1. The third kappa shape index (κ3) is 4.52. The highest BCUT2D eigenvalue weighted by Gasteiger charge is 2.15. The van der Waals surface area contributed by atoms with E-state index in [1.807, 2.05) is 30.3 Å². The highest BCUT2D eigenvalue weighted by molar-refractivity contribution is 5.95. The van der Waals surface area contributed by atoms with Crippen molar-refractivity contribution >= 4 is 22.8 Å². The molecule has 0 aliphatic heterocycles. The van der Waals surface area contributed by atoms with Crippen molar-refractivity contribution < 1.29 is 24.3 Å². The fraction of sp³-hybridized carbons (Fsp3) is 0.200. The van der Waals surface area contributed by atoms with Crippen LogP contribution in [0.3, 0.4) is 0 Å². The number of hydroxylamine groups is 1. The van der Waals surface area contributed by atoms with E-state index in [-0.39, 0.29) is 25.4 Å². The zero-order valence-electron chi connectivity index (χ0n) is 14.5. The van der Waals surface area contributed by atoms with E-state index in [4.69, 9.17) is 9.62 Å². The van der Waals surface area contributed by atoms with Gasteiger partial charge in [0, 0.05) is 22.9 Å². The first-order valence-corrected chi connectivity index (χ1v) is 8.54. The molecule has 0 bridgehead atoms. The summed E-state index contributed by atoms with van der Waals surface area (Å²) >= 11 is 0. The molecular weight excluding hydrogens is 348 g/mol. The molecule has 1 unspecified atom stereocenters. The van der Waals surface area contributed by atoms with Gasteiger partial charge in [0.15, 0.2) is 0 Å². The van der Waals surface area contributed by atoms with Crippen LogP contribution in [-0.2, 0) is 4.79 Å². The molecule has 7 heteroatoms. The summed E-state index contributed by atoms with van der Waals surface area (Å²) in [7, 11) is 0. The normalized spacial score (nSPS) is 11.9. The van der Waals surface area contributed by atoms with Crippen LogP contribution in [0.5, 0.6) is 0 Å². The van der Waals surface area contributed by atoms with E-state index in [0.29, 0.717) is 11.3 Å². The van der Waals surface area contributed by atoms with E-state index in [0.717, 1.165) is 16.5 Å². The molecule has 1 aromatic heterocycles. The number of fused-ring (bicyclic) bond motifs is 1. The maximum atomic E-state index is 12.3.